The molecule has 1 aromatic carbocycles. The van der Waals surface area contributed by atoms with Crippen molar-refractivity contribution < 1.29 is 41.4 Å². The third-order valence-electron chi connectivity index (χ3n) is 3.61. The van der Waals surface area contributed by atoms with Crippen LogP contribution in [0.2, 0.25) is 5.02 Å². The molecule has 2 aromatic rings. The average molecular weight is 475 g/mol. The summed E-state index contributed by atoms with van der Waals surface area (Å²) in [6.07, 6.45) is 1.45. The van der Waals surface area contributed by atoms with Crippen LogP contribution in [0.15, 0.2) is 39.8 Å². The third-order valence-corrected chi connectivity index (χ3v) is 4.98. The Bertz CT molecular complexity index is 1050. The molecule has 11 nitrogen and oxygen atoms in total. The van der Waals surface area contributed by atoms with E-state index in [9.17, 15) is 22.8 Å². The molecule has 0 bridgehead atoms. The second-order valence-corrected chi connectivity index (χ2v) is 7.79. The molecule has 13 heteroatoms. The van der Waals surface area contributed by atoms with Gasteiger partial charge in [0, 0.05) is 0 Å². The molecule has 1 heterocycles. The van der Waals surface area contributed by atoms with Crippen LogP contribution in [-0.4, -0.2) is 46.1 Å². The Morgan fingerprint density at radius 3 is 2.42 bits per heavy atom. The van der Waals surface area contributed by atoms with E-state index in [1.165, 1.54) is 12.3 Å². The molecule has 0 unspecified atom stereocenters. The van der Waals surface area contributed by atoms with Gasteiger partial charge < -0.3 is 23.9 Å². The number of rotatable bonds is 10. The highest BCUT2D eigenvalue weighted by atomic mass is 35.5. The highest BCUT2D eigenvalue weighted by Crippen LogP contribution is 2.29. The number of nitrogens with one attached hydrogen (secondary N) is 1. The van der Waals surface area contributed by atoms with Gasteiger partial charge in [-0.05, 0) is 31.2 Å². The minimum absolute atomic E-state index is 0.110. The van der Waals surface area contributed by atoms with Crippen LogP contribution in [-0.2, 0) is 40.4 Å². The van der Waals surface area contributed by atoms with E-state index in [2.05, 4.69) is 14.8 Å². The lowest BCUT2D eigenvalue weighted by Gasteiger charge is -2.14. The minimum Gasteiger partial charge on any atom is -0.467 e. The van der Waals surface area contributed by atoms with Gasteiger partial charge in [0.05, 0.1) is 35.7 Å². The first-order chi connectivity index (χ1) is 14.6. The van der Waals surface area contributed by atoms with Gasteiger partial charge in [-0.3, -0.25) is 0 Å². The Morgan fingerprint density at radius 2 is 1.81 bits per heavy atom. The number of nitrogens with two attached hydrogens (primary N) is 1. The zero-order valence-corrected chi connectivity index (χ0v) is 17.8. The van der Waals surface area contributed by atoms with Crippen LogP contribution >= 0.6 is 11.6 Å². The Kier molecular flexibility index (Phi) is 8.42. The molecule has 31 heavy (non-hydrogen) atoms. The van der Waals surface area contributed by atoms with Crippen LogP contribution in [0, 0.1) is 0 Å². The highest BCUT2D eigenvalue weighted by Gasteiger charge is 2.22. The quantitative estimate of drug-likeness (QED) is 0.380. The van der Waals surface area contributed by atoms with Gasteiger partial charge in [0.25, 0.3) is 0 Å². The predicted molar refractivity (Wildman–Crippen MR) is 107 cm³/mol. The van der Waals surface area contributed by atoms with Gasteiger partial charge >= 0.3 is 17.9 Å². The molecule has 1 aromatic heterocycles. The molecule has 0 aliphatic carbocycles. The zero-order chi connectivity index (χ0) is 23.0. The summed E-state index contributed by atoms with van der Waals surface area (Å²) < 4.78 is 42.7. The van der Waals surface area contributed by atoms with Gasteiger partial charge in [-0.25, -0.2) is 27.9 Å². The number of halogens is 1. The molecule has 0 amide bonds. The van der Waals surface area contributed by atoms with E-state index < -0.39 is 46.0 Å². The van der Waals surface area contributed by atoms with Gasteiger partial charge in [0.1, 0.15) is 10.7 Å². The normalized spacial score (nSPS) is 10.9. The molecular weight excluding hydrogens is 456 g/mol. The smallest absolute Gasteiger partial charge is 0.344 e. The summed E-state index contributed by atoms with van der Waals surface area (Å²) >= 11 is 5.98. The minimum atomic E-state index is -4.25. The average Bonchev–Trinajstić information content (AvgIpc) is 3.21. The summed E-state index contributed by atoms with van der Waals surface area (Å²) in [5.41, 5.74) is -0.142. The number of carbonyl (C=O) groups is 3. The third kappa shape index (κ3) is 7.27. The Morgan fingerprint density at radius 1 is 1.13 bits per heavy atom. The summed E-state index contributed by atoms with van der Waals surface area (Å²) in [4.78, 5) is 34.8. The lowest BCUT2D eigenvalue weighted by Crippen LogP contribution is -2.22. The van der Waals surface area contributed by atoms with Gasteiger partial charge in [-0.15, -0.1) is 0 Å². The number of carbonyl (C=O) groups excluding carboxylic acids is 3. The number of sulfonamides is 1. The van der Waals surface area contributed by atoms with Crippen LogP contribution in [0.3, 0.4) is 0 Å². The summed E-state index contributed by atoms with van der Waals surface area (Å²) in [6, 6.07) is 5.43. The molecule has 0 aliphatic heterocycles. The van der Waals surface area contributed by atoms with E-state index in [1.807, 2.05) is 0 Å². The van der Waals surface area contributed by atoms with Crippen molar-refractivity contribution in [2.24, 2.45) is 5.14 Å². The van der Waals surface area contributed by atoms with Gasteiger partial charge in [0.15, 0.2) is 13.2 Å². The van der Waals surface area contributed by atoms with Crippen molar-refractivity contribution in [2.45, 2.75) is 18.4 Å². The van der Waals surface area contributed by atoms with Crippen molar-refractivity contribution in [3.63, 3.8) is 0 Å². The summed E-state index contributed by atoms with van der Waals surface area (Å²) in [5, 5.41) is 7.76. The van der Waals surface area contributed by atoms with E-state index >= 15 is 0 Å². The van der Waals surface area contributed by atoms with Crippen LogP contribution in [0.25, 0.3) is 0 Å². The first-order valence-electron chi connectivity index (χ1n) is 8.72. The van der Waals surface area contributed by atoms with E-state index in [4.69, 9.17) is 25.9 Å². The van der Waals surface area contributed by atoms with Gasteiger partial charge in [-0.1, -0.05) is 11.6 Å². The molecule has 3 N–H and O–H groups in total. The maximum absolute atomic E-state index is 12.5. The lowest BCUT2D eigenvalue weighted by molar-refractivity contribution is -0.160. The maximum atomic E-state index is 12.5. The molecular formula is C18H19ClN2O9S. The largest absolute Gasteiger partial charge is 0.467 e. The number of benzene rings is 1. The molecule has 0 saturated heterocycles. The van der Waals surface area contributed by atoms with Crippen molar-refractivity contribution >= 4 is 45.2 Å². The number of esters is 3. The second kappa shape index (κ2) is 10.8. The van der Waals surface area contributed by atoms with E-state index in [0.29, 0.717) is 5.76 Å². The van der Waals surface area contributed by atoms with Crippen molar-refractivity contribution in [2.75, 3.05) is 25.1 Å². The topological polar surface area (TPSA) is 164 Å². The van der Waals surface area contributed by atoms with E-state index in [1.54, 1.807) is 19.1 Å². The van der Waals surface area contributed by atoms with Crippen LogP contribution < -0.4 is 10.5 Å². The van der Waals surface area contributed by atoms with Crippen molar-refractivity contribution in [3.8, 4) is 0 Å². The molecule has 0 fully saturated rings. The monoisotopic (exact) mass is 474 g/mol. The molecule has 168 valence electrons. The first-order valence-corrected chi connectivity index (χ1v) is 10.6. The number of primary sulfonamides is 1. The summed E-state index contributed by atoms with van der Waals surface area (Å²) in [7, 11) is -4.25. The Labute approximate surface area is 182 Å². The van der Waals surface area contributed by atoms with Crippen molar-refractivity contribution in [1.82, 2.24) is 0 Å². The molecule has 0 aliphatic rings. The Balaban J connectivity index is 2.15. The second-order valence-electron chi connectivity index (χ2n) is 5.85. The van der Waals surface area contributed by atoms with Gasteiger partial charge in [-0.2, -0.15) is 0 Å². The fourth-order valence-corrected chi connectivity index (χ4v) is 3.37. The molecule has 0 atom stereocenters. The fraction of sp³-hybridized carbons (Fsp3) is 0.278. The maximum Gasteiger partial charge on any atom is 0.344 e. The van der Waals surface area contributed by atoms with E-state index in [-0.39, 0.29) is 29.4 Å². The first kappa shape index (κ1) is 24.2. The summed E-state index contributed by atoms with van der Waals surface area (Å²) in [6.45, 7) is 0.364. The predicted octanol–water partition coefficient (Wildman–Crippen LogP) is 1.46. The zero-order valence-electron chi connectivity index (χ0n) is 16.3. The Hall–Kier alpha value is -3.09. The standard InChI is InChI=1S/C18H19ClN2O9S/c1-2-27-16(22)9-29-17(23)10-30-18(24)12-6-15(31(20,25)26)13(19)7-14(12)21-8-11-4-3-5-28-11/h3-7,21H,2,8-10H2,1H3,(H2,20,25,26). The molecule has 0 radical (unpaired) electrons. The van der Waals surface area contributed by atoms with Crippen LogP contribution in [0.4, 0.5) is 5.69 Å². The summed E-state index contributed by atoms with van der Waals surface area (Å²) in [5.74, 6) is -2.31. The number of hydrogen-bond donors (Lipinski definition) is 2. The van der Waals surface area contributed by atoms with Crippen molar-refractivity contribution in [3.05, 3.63) is 46.9 Å². The lowest BCUT2D eigenvalue weighted by atomic mass is 10.1. The SMILES string of the molecule is CCOC(=O)COC(=O)COC(=O)c1cc(S(N)(=O)=O)c(Cl)cc1NCc1ccco1. The van der Waals surface area contributed by atoms with E-state index in [0.717, 1.165) is 6.07 Å². The number of ether oxygens (including phenoxy) is 3. The molecule has 2 rings (SSSR count). The molecule has 0 saturated carbocycles. The number of hydrogen-bond acceptors (Lipinski definition) is 10. The van der Waals surface area contributed by atoms with Crippen LogP contribution in [0.1, 0.15) is 23.0 Å². The molecule has 0 spiro atoms. The number of furan rings is 1. The number of anilines is 1. The fourth-order valence-electron chi connectivity index (χ4n) is 2.27. The highest BCUT2D eigenvalue weighted by molar-refractivity contribution is 7.89. The van der Waals surface area contributed by atoms with Crippen molar-refractivity contribution in [1.29, 1.82) is 0 Å². The van der Waals surface area contributed by atoms with Gasteiger partial charge in [0.2, 0.25) is 10.0 Å². The van der Waals surface area contributed by atoms with Crippen LogP contribution in [0.5, 0.6) is 0 Å².